The Morgan fingerprint density at radius 1 is 1.50 bits per heavy atom. The SMILES string of the molecule is I.O=CCN1C=CC=CC1. The highest BCUT2D eigenvalue weighted by Gasteiger charge is 1.95. The van der Waals surface area contributed by atoms with Crippen molar-refractivity contribution in [3.8, 4) is 0 Å². The van der Waals surface area contributed by atoms with Crippen molar-refractivity contribution in [3.63, 3.8) is 0 Å². The Morgan fingerprint density at radius 2 is 2.30 bits per heavy atom. The first-order chi connectivity index (χ1) is 4.43. The second-order valence-corrected chi connectivity index (χ2v) is 1.89. The summed E-state index contributed by atoms with van der Waals surface area (Å²) in [5.74, 6) is 0. The van der Waals surface area contributed by atoms with Crippen LogP contribution in [0.25, 0.3) is 0 Å². The Balaban J connectivity index is 0.000000810. The van der Waals surface area contributed by atoms with Crippen molar-refractivity contribution in [2.45, 2.75) is 0 Å². The summed E-state index contributed by atoms with van der Waals surface area (Å²) in [7, 11) is 0. The van der Waals surface area contributed by atoms with Gasteiger partial charge in [-0.2, -0.15) is 0 Å². The van der Waals surface area contributed by atoms with Crippen LogP contribution in [0, 0.1) is 0 Å². The maximum absolute atomic E-state index is 9.97. The number of hydrogen-bond donors (Lipinski definition) is 0. The van der Waals surface area contributed by atoms with E-state index in [4.69, 9.17) is 0 Å². The van der Waals surface area contributed by atoms with Crippen LogP contribution in [0.15, 0.2) is 24.4 Å². The van der Waals surface area contributed by atoms with Crippen molar-refractivity contribution in [2.75, 3.05) is 13.1 Å². The summed E-state index contributed by atoms with van der Waals surface area (Å²) in [4.78, 5) is 11.9. The van der Waals surface area contributed by atoms with Crippen molar-refractivity contribution in [2.24, 2.45) is 0 Å². The van der Waals surface area contributed by atoms with E-state index < -0.39 is 0 Å². The van der Waals surface area contributed by atoms with Crippen LogP contribution in [0.5, 0.6) is 0 Å². The highest BCUT2D eigenvalue weighted by molar-refractivity contribution is 14.0. The van der Waals surface area contributed by atoms with Gasteiger partial charge in [-0.3, -0.25) is 0 Å². The van der Waals surface area contributed by atoms with Gasteiger partial charge >= 0.3 is 0 Å². The first kappa shape index (κ1) is 9.68. The second kappa shape index (κ2) is 5.46. The predicted octanol–water partition coefficient (Wildman–Crippen LogP) is 1.19. The third-order valence-corrected chi connectivity index (χ3v) is 1.19. The number of carbonyl (C=O) groups is 1. The van der Waals surface area contributed by atoms with Crippen molar-refractivity contribution >= 4 is 30.3 Å². The number of nitrogens with zero attached hydrogens (tertiary/aromatic N) is 1. The Kier molecular flexibility index (Phi) is 5.29. The van der Waals surface area contributed by atoms with Crippen molar-refractivity contribution in [1.82, 2.24) is 4.90 Å². The molecule has 56 valence electrons. The van der Waals surface area contributed by atoms with Gasteiger partial charge in [-0.05, 0) is 12.3 Å². The first-order valence-electron chi connectivity index (χ1n) is 2.94. The molecule has 1 heterocycles. The third-order valence-electron chi connectivity index (χ3n) is 1.19. The zero-order valence-electron chi connectivity index (χ0n) is 5.56. The van der Waals surface area contributed by atoms with E-state index in [0.717, 1.165) is 12.8 Å². The number of carbonyl (C=O) groups excluding carboxylic acids is 1. The molecule has 1 aliphatic rings. The molecule has 0 unspecified atom stereocenters. The van der Waals surface area contributed by atoms with E-state index in [9.17, 15) is 4.79 Å². The van der Waals surface area contributed by atoms with Crippen molar-refractivity contribution in [3.05, 3.63) is 24.4 Å². The van der Waals surface area contributed by atoms with Gasteiger partial charge in [0.2, 0.25) is 0 Å². The summed E-state index contributed by atoms with van der Waals surface area (Å²) in [6.45, 7) is 1.36. The van der Waals surface area contributed by atoms with Gasteiger partial charge in [0.15, 0.2) is 0 Å². The molecule has 0 amide bonds. The zero-order chi connectivity index (χ0) is 6.53. The van der Waals surface area contributed by atoms with E-state index in [1.165, 1.54) is 0 Å². The van der Waals surface area contributed by atoms with Crippen molar-refractivity contribution in [1.29, 1.82) is 0 Å². The second-order valence-electron chi connectivity index (χ2n) is 1.89. The third kappa shape index (κ3) is 3.00. The lowest BCUT2D eigenvalue weighted by molar-refractivity contribution is -0.108. The average molecular weight is 251 g/mol. The summed E-state index contributed by atoms with van der Waals surface area (Å²) in [5, 5.41) is 0. The van der Waals surface area contributed by atoms with Crippen LogP contribution in [0.3, 0.4) is 0 Å². The maximum atomic E-state index is 9.97. The summed E-state index contributed by atoms with van der Waals surface area (Å²) in [5.41, 5.74) is 0. The number of aldehydes is 1. The molecule has 10 heavy (non-hydrogen) atoms. The van der Waals surface area contributed by atoms with Crippen LogP contribution in [0.1, 0.15) is 0 Å². The summed E-state index contributed by atoms with van der Waals surface area (Å²) < 4.78 is 0. The summed E-state index contributed by atoms with van der Waals surface area (Å²) >= 11 is 0. The topological polar surface area (TPSA) is 20.3 Å². The monoisotopic (exact) mass is 251 g/mol. The molecule has 0 aromatic rings. The van der Waals surface area contributed by atoms with E-state index in [1.807, 2.05) is 29.3 Å². The summed E-state index contributed by atoms with van der Waals surface area (Å²) in [6, 6.07) is 0. The molecular weight excluding hydrogens is 241 g/mol. The van der Waals surface area contributed by atoms with Crippen LogP contribution in [0.4, 0.5) is 0 Å². The molecule has 0 radical (unpaired) electrons. The number of allylic oxidation sites excluding steroid dienone is 2. The molecule has 0 saturated heterocycles. The fraction of sp³-hybridized carbons (Fsp3) is 0.286. The lowest BCUT2D eigenvalue weighted by Gasteiger charge is -2.16. The zero-order valence-corrected chi connectivity index (χ0v) is 7.90. The van der Waals surface area contributed by atoms with Crippen LogP contribution < -0.4 is 0 Å². The van der Waals surface area contributed by atoms with Gasteiger partial charge in [0, 0.05) is 6.54 Å². The molecule has 0 saturated carbocycles. The molecular formula is C7H10INO. The van der Waals surface area contributed by atoms with Gasteiger partial charge < -0.3 is 9.69 Å². The smallest absolute Gasteiger partial charge is 0.139 e. The average Bonchev–Trinajstić information content (AvgIpc) is 1.91. The maximum Gasteiger partial charge on any atom is 0.139 e. The fourth-order valence-corrected chi connectivity index (χ4v) is 0.738. The molecule has 0 aromatic heterocycles. The van der Waals surface area contributed by atoms with Gasteiger partial charge in [-0.1, -0.05) is 12.2 Å². The fourth-order valence-electron chi connectivity index (χ4n) is 0.738. The quantitative estimate of drug-likeness (QED) is 0.542. The predicted molar refractivity (Wildman–Crippen MR) is 51.3 cm³/mol. The van der Waals surface area contributed by atoms with E-state index in [0.29, 0.717) is 6.54 Å². The molecule has 2 nitrogen and oxygen atoms in total. The van der Waals surface area contributed by atoms with Crippen LogP contribution in [-0.4, -0.2) is 24.3 Å². The molecule has 1 rings (SSSR count). The van der Waals surface area contributed by atoms with E-state index >= 15 is 0 Å². The van der Waals surface area contributed by atoms with E-state index in [2.05, 4.69) is 0 Å². The van der Waals surface area contributed by atoms with Crippen LogP contribution in [-0.2, 0) is 4.79 Å². The van der Waals surface area contributed by atoms with Crippen LogP contribution >= 0.6 is 24.0 Å². The molecule has 0 spiro atoms. The molecule has 0 fully saturated rings. The molecule has 0 N–H and O–H groups in total. The molecule has 3 heteroatoms. The Morgan fingerprint density at radius 3 is 2.80 bits per heavy atom. The normalized spacial score (nSPS) is 14.6. The van der Waals surface area contributed by atoms with Crippen molar-refractivity contribution < 1.29 is 4.79 Å². The Hall–Kier alpha value is -0.320. The van der Waals surface area contributed by atoms with Crippen LogP contribution in [0.2, 0.25) is 0 Å². The van der Waals surface area contributed by atoms with Gasteiger partial charge in [0.1, 0.15) is 6.29 Å². The highest BCUT2D eigenvalue weighted by atomic mass is 127. The lowest BCUT2D eigenvalue weighted by atomic mass is 10.3. The minimum Gasteiger partial charge on any atom is -0.367 e. The van der Waals surface area contributed by atoms with Gasteiger partial charge in [0.25, 0.3) is 0 Å². The number of rotatable bonds is 2. The lowest BCUT2D eigenvalue weighted by Crippen LogP contribution is -2.20. The first-order valence-corrected chi connectivity index (χ1v) is 2.94. The molecule has 0 bridgehead atoms. The van der Waals surface area contributed by atoms with E-state index in [1.54, 1.807) is 0 Å². The number of hydrogen-bond acceptors (Lipinski definition) is 2. The van der Waals surface area contributed by atoms with Gasteiger partial charge in [-0.25, -0.2) is 0 Å². The molecule has 0 aromatic carbocycles. The Bertz CT molecular complexity index is 152. The Labute approximate surface area is 77.6 Å². The largest absolute Gasteiger partial charge is 0.367 e. The standard InChI is InChI=1S/C7H9NO.HI/c9-7-6-8-4-2-1-3-5-8;/h1-4,7H,5-6H2;1H. The molecule has 0 atom stereocenters. The summed E-state index contributed by atoms with van der Waals surface area (Å²) in [6.07, 6.45) is 8.73. The minimum atomic E-state index is 0. The highest BCUT2D eigenvalue weighted by Crippen LogP contribution is 1.95. The minimum absolute atomic E-state index is 0. The number of halogens is 1. The van der Waals surface area contributed by atoms with E-state index in [-0.39, 0.29) is 24.0 Å². The van der Waals surface area contributed by atoms with Gasteiger partial charge in [-0.15, -0.1) is 24.0 Å². The molecule has 1 aliphatic heterocycles. The molecule has 0 aliphatic carbocycles. The van der Waals surface area contributed by atoms with Gasteiger partial charge in [0.05, 0.1) is 6.54 Å².